The molecule has 2 aliphatic rings. The first kappa shape index (κ1) is 17.8. The van der Waals surface area contributed by atoms with E-state index < -0.39 is 0 Å². The van der Waals surface area contributed by atoms with Crippen LogP contribution >= 0.6 is 0 Å². The molecule has 0 N–H and O–H groups in total. The smallest absolute Gasteiger partial charge is 0.147 e. The van der Waals surface area contributed by atoms with Crippen molar-refractivity contribution in [2.24, 2.45) is 0 Å². The van der Waals surface area contributed by atoms with Crippen molar-refractivity contribution in [1.29, 1.82) is 0 Å². The molecule has 4 heteroatoms. The lowest BCUT2D eigenvalue weighted by Gasteiger charge is -2.11. The summed E-state index contributed by atoms with van der Waals surface area (Å²) in [5.41, 5.74) is 15.5. The maximum atomic E-state index is 5.14. The number of aromatic nitrogens is 4. The summed E-state index contributed by atoms with van der Waals surface area (Å²) in [7, 11) is 0. The number of pyridine rings is 3. The van der Waals surface area contributed by atoms with Crippen molar-refractivity contribution in [3.05, 3.63) is 108 Å². The van der Waals surface area contributed by atoms with Crippen LogP contribution < -0.4 is 0 Å². The lowest BCUT2D eigenvalue weighted by Crippen LogP contribution is -1.94. The predicted molar refractivity (Wildman–Crippen MR) is 140 cm³/mol. The quantitative estimate of drug-likeness (QED) is 0.243. The molecule has 4 heterocycles. The second-order valence-corrected chi connectivity index (χ2v) is 9.69. The number of imidazole rings is 1. The first-order valence-corrected chi connectivity index (χ1v) is 12.0. The SMILES string of the molecule is c1ccc2c(c1)Cc1ccc3c(c1-2)-c1ccc2nc4c5cnccc5c5cnccc5n4c2c1C3. The van der Waals surface area contributed by atoms with Crippen LogP contribution in [0.15, 0.2) is 85.5 Å². The van der Waals surface area contributed by atoms with Crippen molar-refractivity contribution >= 4 is 38.4 Å². The van der Waals surface area contributed by atoms with E-state index in [1.54, 1.807) is 0 Å². The molecule has 9 rings (SSSR count). The van der Waals surface area contributed by atoms with Crippen molar-refractivity contribution in [3.63, 3.8) is 0 Å². The molecular formula is C31H18N4. The van der Waals surface area contributed by atoms with E-state index in [0.717, 1.165) is 45.7 Å². The van der Waals surface area contributed by atoms with Gasteiger partial charge in [-0.05, 0) is 74.5 Å². The lowest BCUT2D eigenvalue weighted by molar-refractivity contribution is 1.22. The number of nitrogens with zero attached hydrogens (tertiary/aromatic N) is 4. The molecule has 0 unspecified atom stereocenters. The highest BCUT2D eigenvalue weighted by atomic mass is 15.0. The van der Waals surface area contributed by atoms with Gasteiger partial charge in [-0.15, -0.1) is 0 Å². The van der Waals surface area contributed by atoms with Crippen molar-refractivity contribution in [3.8, 4) is 22.3 Å². The van der Waals surface area contributed by atoms with Gasteiger partial charge < -0.3 is 0 Å². The van der Waals surface area contributed by atoms with E-state index in [9.17, 15) is 0 Å². The van der Waals surface area contributed by atoms with Gasteiger partial charge in [0, 0.05) is 42.0 Å². The summed E-state index contributed by atoms with van der Waals surface area (Å²) in [5.74, 6) is 0. The molecule has 35 heavy (non-hydrogen) atoms. The van der Waals surface area contributed by atoms with Gasteiger partial charge in [0.25, 0.3) is 0 Å². The van der Waals surface area contributed by atoms with Crippen molar-refractivity contribution < 1.29 is 0 Å². The second-order valence-electron chi connectivity index (χ2n) is 9.69. The molecule has 7 aromatic rings. The monoisotopic (exact) mass is 446 g/mol. The van der Waals surface area contributed by atoms with Gasteiger partial charge in [0.2, 0.25) is 0 Å². The molecule has 0 spiro atoms. The molecule has 162 valence electrons. The zero-order valence-electron chi connectivity index (χ0n) is 18.8. The molecule has 0 saturated heterocycles. The van der Waals surface area contributed by atoms with Crippen molar-refractivity contribution in [1.82, 2.24) is 19.4 Å². The molecule has 0 fully saturated rings. The maximum Gasteiger partial charge on any atom is 0.147 e. The Morgan fingerprint density at radius 1 is 0.629 bits per heavy atom. The Labute approximate surface area is 200 Å². The van der Waals surface area contributed by atoms with Crippen LogP contribution in [0.2, 0.25) is 0 Å². The number of hydrogen-bond acceptors (Lipinski definition) is 3. The van der Waals surface area contributed by atoms with Gasteiger partial charge in [-0.3, -0.25) is 14.4 Å². The Kier molecular flexibility index (Phi) is 3.11. The number of benzene rings is 3. The zero-order valence-corrected chi connectivity index (χ0v) is 18.8. The molecule has 0 aliphatic heterocycles. The van der Waals surface area contributed by atoms with Crippen LogP contribution in [0.3, 0.4) is 0 Å². The van der Waals surface area contributed by atoms with Crippen LogP contribution in [0, 0.1) is 0 Å². The molecule has 0 saturated carbocycles. The Bertz CT molecular complexity index is 2070. The van der Waals surface area contributed by atoms with E-state index >= 15 is 0 Å². The van der Waals surface area contributed by atoms with Crippen molar-refractivity contribution in [2.75, 3.05) is 0 Å². The van der Waals surface area contributed by atoms with E-state index in [1.165, 1.54) is 50.0 Å². The lowest BCUT2D eigenvalue weighted by atomic mass is 9.94. The third kappa shape index (κ3) is 2.11. The number of fused-ring (bicyclic) bond motifs is 16. The van der Waals surface area contributed by atoms with Crippen LogP contribution in [0.5, 0.6) is 0 Å². The van der Waals surface area contributed by atoms with Gasteiger partial charge >= 0.3 is 0 Å². The standard InChI is InChI=1S/C31H18N4/c1-2-4-20-17(3-1)13-18-5-6-19-14-23-22(29(19)28(18)20)7-8-26-30(23)35-27-10-12-33-15-24(27)21-9-11-32-16-25(21)31(35)34-26/h1-12,15-16H,13-14H2. The highest BCUT2D eigenvalue weighted by molar-refractivity contribution is 6.14. The van der Waals surface area contributed by atoms with Crippen molar-refractivity contribution in [2.45, 2.75) is 12.8 Å². The highest BCUT2D eigenvalue weighted by Crippen LogP contribution is 2.50. The number of rotatable bonds is 0. The molecular weight excluding hydrogens is 428 g/mol. The van der Waals surface area contributed by atoms with E-state index in [4.69, 9.17) is 4.98 Å². The van der Waals surface area contributed by atoms with Gasteiger partial charge in [-0.2, -0.15) is 0 Å². The van der Waals surface area contributed by atoms with Gasteiger partial charge in [0.15, 0.2) is 0 Å². The van der Waals surface area contributed by atoms with Gasteiger partial charge in [-0.25, -0.2) is 4.98 Å². The first-order chi connectivity index (χ1) is 17.4. The van der Waals surface area contributed by atoms with Gasteiger partial charge in [0.05, 0.1) is 16.6 Å². The molecule has 2 aliphatic carbocycles. The summed E-state index contributed by atoms with van der Waals surface area (Å²) in [6.45, 7) is 0. The summed E-state index contributed by atoms with van der Waals surface area (Å²) in [4.78, 5) is 14.0. The molecule has 4 aromatic heterocycles. The molecule has 0 atom stereocenters. The summed E-state index contributed by atoms with van der Waals surface area (Å²) in [5, 5.41) is 3.32. The van der Waals surface area contributed by atoms with Crippen LogP contribution in [-0.4, -0.2) is 19.4 Å². The topological polar surface area (TPSA) is 43.1 Å². The van der Waals surface area contributed by atoms with Crippen LogP contribution in [0.4, 0.5) is 0 Å². The minimum absolute atomic E-state index is 0.920. The van der Waals surface area contributed by atoms with Gasteiger partial charge in [0.1, 0.15) is 5.65 Å². The second kappa shape index (κ2) is 6.10. The molecule has 0 radical (unpaired) electrons. The van der Waals surface area contributed by atoms with E-state index in [0.29, 0.717) is 0 Å². The Balaban J connectivity index is 1.45. The summed E-state index contributed by atoms with van der Waals surface area (Å²) < 4.78 is 2.34. The summed E-state index contributed by atoms with van der Waals surface area (Å²) >= 11 is 0. The van der Waals surface area contributed by atoms with E-state index in [2.05, 4.69) is 75.0 Å². The Morgan fingerprint density at radius 3 is 2.37 bits per heavy atom. The minimum atomic E-state index is 0.920. The predicted octanol–water partition coefficient (Wildman–Crippen LogP) is 6.73. The fourth-order valence-corrected chi connectivity index (χ4v) is 6.57. The average Bonchev–Trinajstić information content (AvgIpc) is 3.59. The summed E-state index contributed by atoms with van der Waals surface area (Å²) in [6, 6.07) is 22.2. The van der Waals surface area contributed by atoms with E-state index in [1.807, 2.05) is 24.8 Å². The summed E-state index contributed by atoms with van der Waals surface area (Å²) in [6.07, 6.45) is 9.56. The molecule has 0 bridgehead atoms. The molecule has 0 amide bonds. The fraction of sp³-hybridized carbons (Fsp3) is 0.0645. The Hall–Kier alpha value is -4.57. The average molecular weight is 447 g/mol. The molecule has 4 nitrogen and oxygen atoms in total. The zero-order chi connectivity index (χ0) is 22.7. The first-order valence-electron chi connectivity index (χ1n) is 12.0. The van der Waals surface area contributed by atoms with Crippen LogP contribution in [0.25, 0.3) is 60.6 Å². The van der Waals surface area contributed by atoms with Crippen LogP contribution in [0.1, 0.15) is 22.3 Å². The maximum absolute atomic E-state index is 5.14. The molecule has 3 aromatic carbocycles. The third-order valence-electron chi connectivity index (χ3n) is 8.00. The third-order valence-corrected chi connectivity index (χ3v) is 8.00. The number of hydrogen-bond donors (Lipinski definition) is 0. The largest absolute Gasteiger partial charge is 0.291 e. The van der Waals surface area contributed by atoms with Crippen LogP contribution in [-0.2, 0) is 12.8 Å². The minimum Gasteiger partial charge on any atom is -0.291 e. The highest BCUT2D eigenvalue weighted by Gasteiger charge is 2.30. The van der Waals surface area contributed by atoms with Gasteiger partial charge in [-0.1, -0.05) is 42.5 Å². The fourth-order valence-electron chi connectivity index (χ4n) is 6.57. The Morgan fingerprint density at radius 2 is 1.43 bits per heavy atom. The van der Waals surface area contributed by atoms with E-state index in [-0.39, 0.29) is 0 Å². The normalized spacial score (nSPS) is 13.5.